The van der Waals surface area contributed by atoms with E-state index < -0.39 is 0 Å². The summed E-state index contributed by atoms with van der Waals surface area (Å²) in [5, 5.41) is 3.50. The molecule has 1 aliphatic carbocycles. The van der Waals surface area contributed by atoms with E-state index in [1.807, 2.05) is 12.3 Å². The summed E-state index contributed by atoms with van der Waals surface area (Å²) in [6.07, 6.45) is 14.5. The molecule has 0 radical (unpaired) electrons. The Morgan fingerprint density at radius 2 is 2.14 bits per heavy atom. The number of methoxy groups -OCH3 is 1. The second-order valence-corrected chi connectivity index (χ2v) is 8.76. The van der Waals surface area contributed by atoms with Gasteiger partial charge in [-0.25, -0.2) is 9.97 Å². The zero-order valence-electron chi connectivity index (χ0n) is 18.0. The van der Waals surface area contributed by atoms with Crippen molar-refractivity contribution in [3.63, 3.8) is 0 Å². The lowest BCUT2D eigenvalue weighted by Gasteiger charge is -2.27. The molecule has 0 saturated heterocycles. The van der Waals surface area contributed by atoms with Crippen molar-refractivity contribution >= 4 is 5.82 Å². The van der Waals surface area contributed by atoms with Crippen molar-refractivity contribution in [2.24, 2.45) is 5.92 Å². The Hall–Kier alpha value is -2.10. The molecular formula is C25H35N3O. The molecule has 2 aromatic heterocycles. The lowest BCUT2D eigenvalue weighted by molar-refractivity contribution is 0.393. The van der Waals surface area contributed by atoms with Crippen LogP contribution in [0.1, 0.15) is 80.2 Å². The van der Waals surface area contributed by atoms with Crippen LogP contribution in [0.25, 0.3) is 0 Å². The molecule has 4 rings (SSSR count). The molecule has 0 bridgehead atoms. The molecule has 0 amide bonds. The highest BCUT2D eigenvalue weighted by Crippen LogP contribution is 2.33. The predicted octanol–water partition coefficient (Wildman–Crippen LogP) is 5.70. The molecule has 1 N–H and O–H groups in total. The number of ether oxygens (including phenoxy) is 1. The van der Waals surface area contributed by atoms with Crippen LogP contribution in [0.15, 0.2) is 24.4 Å². The highest BCUT2D eigenvalue weighted by molar-refractivity contribution is 5.50. The Morgan fingerprint density at radius 3 is 2.93 bits per heavy atom. The number of fused-ring (bicyclic) bond motifs is 2. The summed E-state index contributed by atoms with van der Waals surface area (Å²) in [7, 11) is 1.67. The molecule has 4 nitrogen and oxygen atoms in total. The molecule has 0 fully saturated rings. The Labute approximate surface area is 175 Å². The van der Waals surface area contributed by atoms with Gasteiger partial charge in [-0.05, 0) is 73.5 Å². The van der Waals surface area contributed by atoms with Gasteiger partial charge in [-0.2, -0.15) is 0 Å². The van der Waals surface area contributed by atoms with Crippen molar-refractivity contribution < 1.29 is 4.74 Å². The Morgan fingerprint density at radius 1 is 1.21 bits per heavy atom. The van der Waals surface area contributed by atoms with E-state index in [1.165, 1.54) is 86.6 Å². The minimum Gasteiger partial charge on any atom is -0.481 e. The molecular weight excluding hydrogens is 358 g/mol. The second-order valence-electron chi connectivity index (χ2n) is 8.76. The first-order valence-corrected chi connectivity index (χ1v) is 11.5. The van der Waals surface area contributed by atoms with Crippen LogP contribution in [0.2, 0.25) is 0 Å². The summed E-state index contributed by atoms with van der Waals surface area (Å²) in [6.45, 7) is 3.36. The molecule has 0 saturated carbocycles. The minimum atomic E-state index is 0.611. The van der Waals surface area contributed by atoms with Crippen molar-refractivity contribution in [1.82, 2.24) is 9.97 Å². The zero-order valence-corrected chi connectivity index (χ0v) is 18.0. The zero-order chi connectivity index (χ0) is 20.1. The van der Waals surface area contributed by atoms with Crippen molar-refractivity contribution in [1.29, 1.82) is 0 Å². The number of rotatable bonds is 8. The van der Waals surface area contributed by atoms with Crippen LogP contribution in [0.5, 0.6) is 5.88 Å². The summed E-state index contributed by atoms with van der Waals surface area (Å²) in [4.78, 5) is 9.38. The van der Waals surface area contributed by atoms with Gasteiger partial charge in [0.1, 0.15) is 5.82 Å². The fourth-order valence-electron chi connectivity index (χ4n) is 5.03. The number of hydrogen-bond acceptors (Lipinski definition) is 4. The van der Waals surface area contributed by atoms with Crippen molar-refractivity contribution in [3.8, 4) is 5.88 Å². The first-order chi connectivity index (χ1) is 14.3. The van der Waals surface area contributed by atoms with Gasteiger partial charge in [0.25, 0.3) is 0 Å². The molecule has 4 heteroatoms. The largest absolute Gasteiger partial charge is 0.481 e. The number of hydrogen-bond donors (Lipinski definition) is 1. The molecule has 0 spiro atoms. The highest BCUT2D eigenvalue weighted by atomic mass is 16.5. The fourth-order valence-corrected chi connectivity index (χ4v) is 5.03. The third-order valence-electron chi connectivity index (χ3n) is 6.84. The van der Waals surface area contributed by atoms with Crippen LogP contribution >= 0.6 is 0 Å². The fraction of sp³-hybridized carbons (Fsp3) is 0.600. The molecule has 2 aromatic rings. The van der Waals surface area contributed by atoms with E-state index in [0.717, 1.165) is 18.3 Å². The van der Waals surface area contributed by atoms with Gasteiger partial charge in [0.2, 0.25) is 5.88 Å². The van der Waals surface area contributed by atoms with Crippen molar-refractivity contribution in [2.75, 3.05) is 19.0 Å². The topological polar surface area (TPSA) is 47.0 Å². The lowest BCUT2D eigenvalue weighted by atomic mass is 9.82. The van der Waals surface area contributed by atoms with Gasteiger partial charge in [-0.15, -0.1) is 0 Å². The smallest absolute Gasteiger partial charge is 0.212 e. The van der Waals surface area contributed by atoms with Crippen LogP contribution in [-0.4, -0.2) is 23.6 Å². The quantitative estimate of drug-likeness (QED) is 0.584. The Kier molecular flexibility index (Phi) is 6.68. The SMILES string of the molecule is CCC(CCCCC1CCc2cc3c(nc2C1)NCCC3)c1ccc(OC)nc1. The summed E-state index contributed by atoms with van der Waals surface area (Å²) in [5.41, 5.74) is 5.67. The summed E-state index contributed by atoms with van der Waals surface area (Å²) in [5.74, 6) is 3.28. The summed E-state index contributed by atoms with van der Waals surface area (Å²) in [6, 6.07) is 6.60. The maximum Gasteiger partial charge on any atom is 0.212 e. The predicted molar refractivity (Wildman–Crippen MR) is 119 cm³/mol. The third-order valence-corrected chi connectivity index (χ3v) is 6.84. The van der Waals surface area contributed by atoms with Gasteiger partial charge in [-0.1, -0.05) is 38.3 Å². The number of pyridine rings is 2. The molecule has 3 heterocycles. The number of unbranched alkanes of at least 4 members (excludes halogenated alkanes) is 1. The minimum absolute atomic E-state index is 0.611. The molecule has 29 heavy (non-hydrogen) atoms. The summed E-state index contributed by atoms with van der Waals surface area (Å²) < 4.78 is 5.18. The Bertz CT molecular complexity index is 802. The first-order valence-electron chi connectivity index (χ1n) is 11.5. The summed E-state index contributed by atoms with van der Waals surface area (Å²) >= 11 is 0. The van der Waals surface area contributed by atoms with Gasteiger partial charge < -0.3 is 10.1 Å². The van der Waals surface area contributed by atoms with E-state index in [2.05, 4.69) is 29.4 Å². The lowest BCUT2D eigenvalue weighted by Crippen LogP contribution is -2.20. The van der Waals surface area contributed by atoms with E-state index in [1.54, 1.807) is 7.11 Å². The van der Waals surface area contributed by atoms with E-state index in [-0.39, 0.29) is 0 Å². The molecule has 0 aromatic carbocycles. The van der Waals surface area contributed by atoms with E-state index in [0.29, 0.717) is 11.8 Å². The first kappa shape index (κ1) is 20.2. The van der Waals surface area contributed by atoms with Gasteiger partial charge in [0, 0.05) is 24.5 Å². The van der Waals surface area contributed by atoms with Gasteiger partial charge in [0.15, 0.2) is 0 Å². The van der Waals surface area contributed by atoms with Crippen LogP contribution in [0.3, 0.4) is 0 Å². The average molecular weight is 394 g/mol. The van der Waals surface area contributed by atoms with E-state index in [9.17, 15) is 0 Å². The maximum atomic E-state index is 5.18. The third kappa shape index (κ3) is 4.91. The molecule has 1 aliphatic heterocycles. The van der Waals surface area contributed by atoms with Crippen molar-refractivity contribution in [2.45, 2.75) is 77.0 Å². The molecule has 2 unspecified atom stereocenters. The standard InChI is InChI=1S/C25H35N3O/c1-3-19(22-12-13-24(29-2)27-17-22)8-5-4-7-18-10-11-20-16-21-9-6-14-26-25(21)28-23(20)15-18/h12-13,16-19H,3-11,14-15H2,1-2H3,(H,26,28). The number of nitrogens with zero attached hydrogens (tertiary/aromatic N) is 2. The number of aromatic nitrogens is 2. The monoisotopic (exact) mass is 393 g/mol. The van der Waals surface area contributed by atoms with Gasteiger partial charge in [-0.3, -0.25) is 0 Å². The Balaban J connectivity index is 1.25. The maximum absolute atomic E-state index is 5.18. The number of anilines is 1. The molecule has 156 valence electrons. The van der Waals surface area contributed by atoms with Crippen LogP contribution in [0.4, 0.5) is 5.82 Å². The van der Waals surface area contributed by atoms with Gasteiger partial charge in [0.05, 0.1) is 7.11 Å². The van der Waals surface area contributed by atoms with Gasteiger partial charge >= 0.3 is 0 Å². The van der Waals surface area contributed by atoms with Crippen LogP contribution in [0, 0.1) is 5.92 Å². The van der Waals surface area contributed by atoms with E-state index in [4.69, 9.17) is 9.72 Å². The molecule has 2 atom stereocenters. The van der Waals surface area contributed by atoms with Crippen LogP contribution in [-0.2, 0) is 19.3 Å². The number of aryl methyl sites for hydroxylation is 2. The normalized spacial score (nSPS) is 19.0. The second kappa shape index (κ2) is 9.60. The average Bonchev–Trinajstić information content (AvgIpc) is 2.78. The van der Waals surface area contributed by atoms with Crippen LogP contribution < -0.4 is 10.1 Å². The van der Waals surface area contributed by atoms with E-state index >= 15 is 0 Å². The highest BCUT2D eigenvalue weighted by Gasteiger charge is 2.22. The number of nitrogens with one attached hydrogen (secondary N) is 1. The molecule has 2 aliphatic rings. The van der Waals surface area contributed by atoms with Crippen molar-refractivity contribution in [3.05, 3.63) is 46.8 Å².